The van der Waals surface area contributed by atoms with Crippen LogP contribution in [-0.4, -0.2) is 18.2 Å². The molecular weight excluding hydrogens is 264 g/mol. The zero-order valence-electron chi connectivity index (χ0n) is 13.7. The molecule has 4 heteroatoms. The Kier molecular flexibility index (Phi) is 6.92. The summed E-state index contributed by atoms with van der Waals surface area (Å²) < 4.78 is 5.45. The van der Waals surface area contributed by atoms with E-state index in [9.17, 15) is 4.79 Å². The van der Waals surface area contributed by atoms with Crippen LogP contribution in [0.1, 0.15) is 44.7 Å². The minimum atomic E-state index is -0.239. The smallest absolute Gasteiger partial charge is 0.277 e. The Morgan fingerprint density at radius 3 is 2.62 bits per heavy atom. The Hall–Kier alpha value is -1.84. The molecule has 0 saturated heterocycles. The lowest BCUT2D eigenvalue weighted by atomic mass is 10.1. The normalized spacial score (nSPS) is 11.6. The van der Waals surface area contributed by atoms with Crippen LogP contribution in [0.25, 0.3) is 0 Å². The molecule has 1 aromatic carbocycles. The van der Waals surface area contributed by atoms with E-state index in [0.717, 1.165) is 24.1 Å². The molecule has 0 atom stereocenters. The number of rotatable bonds is 7. The monoisotopic (exact) mass is 290 g/mol. The molecule has 1 rings (SSSR count). The molecule has 0 saturated carbocycles. The van der Waals surface area contributed by atoms with E-state index >= 15 is 0 Å². The van der Waals surface area contributed by atoms with Crippen molar-refractivity contribution in [2.24, 2.45) is 11.0 Å². The molecule has 0 aromatic heterocycles. The summed E-state index contributed by atoms with van der Waals surface area (Å²) in [7, 11) is 0. The Morgan fingerprint density at radius 1 is 1.29 bits per heavy atom. The third-order valence-electron chi connectivity index (χ3n) is 3.30. The first-order valence-electron chi connectivity index (χ1n) is 7.40. The molecule has 0 aliphatic rings. The van der Waals surface area contributed by atoms with E-state index in [0.29, 0.717) is 11.7 Å². The quantitative estimate of drug-likeness (QED) is 0.616. The fraction of sp³-hybridized carbons (Fsp3) is 0.529. The van der Waals surface area contributed by atoms with Gasteiger partial charge in [0.1, 0.15) is 5.75 Å². The molecule has 0 heterocycles. The summed E-state index contributed by atoms with van der Waals surface area (Å²) in [5.41, 5.74) is 5.81. The van der Waals surface area contributed by atoms with Crippen molar-refractivity contribution in [2.75, 3.05) is 6.61 Å². The van der Waals surface area contributed by atoms with Crippen LogP contribution in [0.2, 0.25) is 0 Å². The number of amides is 1. The Bertz CT molecular complexity index is 508. The molecule has 1 N–H and O–H groups in total. The number of hydrazone groups is 1. The molecule has 116 valence electrons. The molecular formula is C17H26N2O2. The second-order valence-electron chi connectivity index (χ2n) is 5.85. The number of nitrogens with one attached hydrogen (secondary N) is 1. The summed E-state index contributed by atoms with van der Waals surface area (Å²) in [5.74, 6) is 1.10. The number of benzene rings is 1. The summed E-state index contributed by atoms with van der Waals surface area (Å²) in [6.07, 6.45) is 1.97. The van der Waals surface area contributed by atoms with Gasteiger partial charge in [0.15, 0.2) is 6.61 Å². The SMILES string of the molecule is C/C(CCC(C)C)=N/NC(=O)COc1ccc(C)c(C)c1. The van der Waals surface area contributed by atoms with Gasteiger partial charge in [0.05, 0.1) is 0 Å². The van der Waals surface area contributed by atoms with E-state index in [4.69, 9.17) is 4.74 Å². The van der Waals surface area contributed by atoms with Crippen LogP contribution < -0.4 is 10.2 Å². The number of carbonyl (C=O) groups excluding carboxylic acids is 1. The van der Waals surface area contributed by atoms with Gasteiger partial charge < -0.3 is 4.74 Å². The fourth-order valence-corrected chi connectivity index (χ4v) is 1.70. The molecule has 0 fully saturated rings. The van der Waals surface area contributed by atoms with Gasteiger partial charge in [-0.15, -0.1) is 0 Å². The molecule has 0 bridgehead atoms. The summed E-state index contributed by atoms with van der Waals surface area (Å²) in [5, 5.41) is 4.08. The first kappa shape index (κ1) is 17.2. The number of aryl methyl sites for hydroxylation is 2. The summed E-state index contributed by atoms with van der Waals surface area (Å²) in [4.78, 5) is 11.7. The fourth-order valence-electron chi connectivity index (χ4n) is 1.70. The molecule has 0 spiro atoms. The van der Waals surface area contributed by atoms with E-state index in [1.54, 1.807) is 0 Å². The van der Waals surface area contributed by atoms with Crippen molar-refractivity contribution in [1.29, 1.82) is 0 Å². The topological polar surface area (TPSA) is 50.7 Å². The lowest BCUT2D eigenvalue weighted by molar-refractivity contribution is -0.123. The van der Waals surface area contributed by atoms with Crippen LogP contribution in [0, 0.1) is 19.8 Å². The third kappa shape index (κ3) is 6.93. The van der Waals surface area contributed by atoms with Crippen molar-refractivity contribution < 1.29 is 9.53 Å². The summed E-state index contributed by atoms with van der Waals surface area (Å²) in [6, 6.07) is 5.78. The van der Waals surface area contributed by atoms with Crippen molar-refractivity contribution in [2.45, 2.75) is 47.5 Å². The number of nitrogens with zero attached hydrogens (tertiary/aromatic N) is 1. The Balaban J connectivity index is 2.36. The molecule has 1 aromatic rings. The highest BCUT2D eigenvalue weighted by Crippen LogP contribution is 2.16. The van der Waals surface area contributed by atoms with Gasteiger partial charge in [-0.05, 0) is 62.8 Å². The van der Waals surface area contributed by atoms with Gasteiger partial charge >= 0.3 is 0 Å². The van der Waals surface area contributed by atoms with Crippen LogP contribution in [0.4, 0.5) is 0 Å². The minimum Gasteiger partial charge on any atom is -0.484 e. The van der Waals surface area contributed by atoms with Crippen LogP contribution in [0.5, 0.6) is 5.75 Å². The van der Waals surface area contributed by atoms with Gasteiger partial charge in [0.25, 0.3) is 5.91 Å². The van der Waals surface area contributed by atoms with Crippen LogP contribution in [0.3, 0.4) is 0 Å². The lowest BCUT2D eigenvalue weighted by Gasteiger charge is -2.08. The highest BCUT2D eigenvalue weighted by Gasteiger charge is 2.03. The zero-order valence-corrected chi connectivity index (χ0v) is 13.7. The van der Waals surface area contributed by atoms with Gasteiger partial charge in [-0.2, -0.15) is 5.10 Å². The van der Waals surface area contributed by atoms with Gasteiger partial charge in [-0.3, -0.25) is 4.79 Å². The number of carbonyl (C=O) groups is 1. The second-order valence-corrected chi connectivity index (χ2v) is 5.85. The predicted octanol–water partition coefficient (Wildman–Crippen LogP) is 3.61. The average molecular weight is 290 g/mol. The first-order chi connectivity index (χ1) is 9.88. The average Bonchev–Trinajstić information content (AvgIpc) is 2.44. The third-order valence-corrected chi connectivity index (χ3v) is 3.30. The van der Waals surface area contributed by atoms with E-state index in [1.807, 2.05) is 39.0 Å². The molecule has 0 unspecified atom stereocenters. The molecule has 4 nitrogen and oxygen atoms in total. The maximum absolute atomic E-state index is 11.7. The van der Waals surface area contributed by atoms with Crippen LogP contribution in [0.15, 0.2) is 23.3 Å². The molecule has 0 radical (unpaired) electrons. The van der Waals surface area contributed by atoms with Crippen molar-refractivity contribution >= 4 is 11.6 Å². The van der Waals surface area contributed by atoms with Crippen molar-refractivity contribution in [3.05, 3.63) is 29.3 Å². The summed E-state index contributed by atoms with van der Waals surface area (Å²) in [6.45, 7) is 10.3. The van der Waals surface area contributed by atoms with Gasteiger partial charge in [0.2, 0.25) is 0 Å². The highest BCUT2D eigenvalue weighted by atomic mass is 16.5. The number of hydrogen-bond donors (Lipinski definition) is 1. The zero-order chi connectivity index (χ0) is 15.8. The van der Waals surface area contributed by atoms with Gasteiger partial charge in [-0.25, -0.2) is 5.43 Å². The standard InChI is InChI=1S/C17H26N2O2/c1-12(2)6-8-15(5)18-19-17(20)11-21-16-9-7-13(3)14(4)10-16/h7,9-10,12H,6,8,11H2,1-5H3,(H,19,20)/b18-15-. The maximum atomic E-state index is 11.7. The van der Waals surface area contributed by atoms with Crippen molar-refractivity contribution in [3.8, 4) is 5.75 Å². The van der Waals surface area contributed by atoms with Crippen molar-refractivity contribution in [1.82, 2.24) is 5.43 Å². The minimum absolute atomic E-state index is 0.0243. The number of hydrogen-bond acceptors (Lipinski definition) is 3. The largest absolute Gasteiger partial charge is 0.484 e. The molecule has 21 heavy (non-hydrogen) atoms. The molecule has 0 aliphatic heterocycles. The Morgan fingerprint density at radius 2 is 2.00 bits per heavy atom. The predicted molar refractivity (Wildman–Crippen MR) is 86.7 cm³/mol. The van der Waals surface area contributed by atoms with Crippen LogP contribution >= 0.6 is 0 Å². The van der Waals surface area contributed by atoms with E-state index in [1.165, 1.54) is 5.56 Å². The van der Waals surface area contributed by atoms with Crippen LogP contribution in [-0.2, 0) is 4.79 Å². The van der Waals surface area contributed by atoms with Gasteiger partial charge in [0, 0.05) is 5.71 Å². The second kappa shape index (κ2) is 8.45. The van der Waals surface area contributed by atoms with E-state index in [2.05, 4.69) is 24.4 Å². The number of ether oxygens (including phenoxy) is 1. The van der Waals surface area contributed by atoms with E-state index < -0.39 is 0 Å². The Labute approximate surface area is 127 Å². The van der Waals surface area contributed by atoms with Crippen molar-refractivity contribution in [3.63, 3.8) is 0 Å². The highest BCUT2D eigenvalue weighted by molar-refractivity contribution is 5.84. The lowest BCUT2D eigenvalue weighted by Crippen LogP contribution is -2.25. The summed E-state index contributed by atoms with van der Waals surface area (Å²) >= 11 is 0. The van der Waals surface area contributed by atoms with Gasteiger partial charge in [-0.1, -0.05) is 19.9 Å². The van der Waals surface area contributed by atoms with E-state index in [-0.39, 0.29) is 12.5 Å². The molecule has 0 aliphatic carbocycles. The maximum Gasteiger partial charge on any atom is 0.277 e. The first-order valence-corrected chi connectivity index (χ1v) is 7.40. The molecule has 1 amide bonds.